The SMILES string of the molecule is COc1ccc(NC(=O)CC2CC3CCC(C2)N3)cc1S(=O)(=O)NC1CC1.Cl. The van der Waals surface area contributed by atoms with Crippen molar-refractivity contribution in [3.8, 4) is 5.75 Å². The number of benzene rings is 1. The van der Waals surface area contributed by atoms with Gasteiger partial charge >= 0.3 is 0 Å². The Labute approximate surface area is 172 Å². The number of rotatable bonds is 7. The second-order valence-electron chi connectivity index (χ2n) is 7.99. The van der Waals surface area contributed by atoms with E-state index in [0.29, 0.717) is 30.1 Å². The average Bonchev–Trinajstić information content (AvgIpc) is 3.36. The monoisotopic (exact) mass is 429 g/mol. The highest BCUT2D eigenvalue weighted by atomic mass is 35.5. The van der Waals surface area contributed by atoms with Crippen LogP contribution >= 0.6 is 12.4 Å². The van der Waals surface area contributed by atoms with Crippen molar-refractivity contribution < 1.29 is 17.9 Å². The van der Waals surface area contributed by atoms with Crippen LogP contribution in [0.1, 0.15) is 44.9 Å². The molecule has 3 aliphatic rings. The van der Waals surface area contributed by atoms with Gasteiger partial charge in [-0.2, -0.15) is 0 Å². The zero-order valence-electron chi connectivity index (χ0n) is 15.9. The lowest BCUT2D eigenvalue weighted by Gasteiger charge is -2.28. The first-order valence-electron chi connectivity index (χ1n) is 9.69. The van der Waals surface area contributed by atoms with Crippen molar-refractivity contribution in [2.45, 2.75) is 68.0 Å². The summed E-state index contributed by atoms with van der Waals surface area (Å²) >= 11 is 0. The van der Waals surface area contributed by atoms with E-state index in [-0.39, 0.29) is 35.0 Å². The molecule has 2 atom stereocenters. The molecule has 2 saturated heterocycles. The zero-order chi connectivity index (χ0) is 19.0. The van der Waals surface area contributed by atoms with Gasteiger partial charge in [0.2, 0.25) is 15.9 Å². The molecule has 2 unspecified atom stereocenters. The summed E-state index contributed by atoms with van der Waals surface area (Å²) in [5, 5.41) is 6.45. The normalized spacial score (nSPS) is 26.4. The molecule has 4 rings (SSSR count). The fourth-order valence-electron chi connectivity index (χ4n) is 4.26. The number of amides is 1. The maximum Gasteiger partial charge on any atom is 0.244 e. The van der Waals surface area contributed by atoms with Gasteiger partial charge in [0.15, 0.2) is 0 Å². The Hall–Kier alpha value is -1.35. The van der Waals surface area contributed by atoms with Crippen LogP contribution in [-0.4, -0.2) is 39.6 Å². The molecule has 1 aromatic rings. The first kappa shape index (κ1) is 21.4. The minimum atomic E-state index is -3.67. The van der Waals surface area contributed by atoms with Crippen LogP contribution in [0, 0.1) is 5.92 Å². The molecule has 1 aliphatic carbocycles. The van der Waals surface area contributed by atoms with Gasteiger partial charge in [0, 0.05) is 30.2 Å². The van der Waals surface area contributed by atoms with Gasteiger partial charge < -0.3 is 15.4 Å². The molecule has 2 bridgehead atoms. The molecule has 2 heterocycles. The number of ether oxygens (including phenoxy) is 1. The Morgan fingerprint density at radius 1 is 1.18 bits per heavy atom. The van der Waals surface area contributed by atoms with Gasteiger partial charge in [-0.1, -0.05) is 0 Å². The van der Waals surface area contributed by atoms with Crippen LogP contribution in [-0.2, 0) is 14.8 Å². The van der Waals surface area contributed by atoms with Crippen molar-refractivity contribution >= 4 is 34.0 Å². The molecule has 0 spiro atoms. The number of anilines is 1. The summed E-state index contributed by atoms with van der Waals surface area (Å²) in [6, 6.07) is 5.85. The second-order valence-corrected chi connectivity index (χ2v) is 9.67. The number of methoxy groups -OCH3 is 1. The lowest BCUT2D eigenvalue weighted by atomic mass is 9.89. The Bertz CT molecular complexity index is 816. The lowest BCUT2D eigenvalue weighted by molar-refractivity contribution is -0.117. The van der Waals surface area contributed by atoms with Crippen LogP contribution < -0.4 is 20.1 Å². The highest BCUT2D eigenvalue weighted by Gasteiger charge is 2.34. The molecule has 1 saturated carbocycles. The van der Waals surface area contributed by atoms with E-state index in [1.807, 2.05) is 0 Å². The third kappa shape index (κ3) is 4.97. The number of carbonyl (C=O) groups excluding carboxylic acids is 1. The largest absolute Gasteiger partial charge is 0.495 e. The number of hydrogen-bond acceptors (Lipinski definition) is 5. The predicted octanol–water partition coefficient (Wildman–Crippen LogP) is 2.42. The molecule has 0 aromatic heterocycles. The van der Waals surface area contributed by atoms with Gasteiger partial charge in [-0.25, -0.2) is 13.1 Å². The molecule has 1 amide bonds. The average molecular weight is 430 g/mol. The molecule has 3 N–H and O–H groups in total. The minimum absolute atomic E-state index is 0. The molecule has 1 aromatic carbocycles. The zero-order valence-corrected chi connectivity index (χ0v) is 17.6. The van der Waals surface area contributed by atoms with Gasteiger partial charge in [-0.3, -0.25) is 4.79 Å². The minimum Gasteiger partial charge on any atom is -0.495 e. The summed E-state index contributed by atoms with van der Waals surface area (Å²) in [7, 11) is -2.23. The van der Waals surface area contributed by atoms with E-state index in [1.165, 1.54) is 26.0 Å². The van der Waals surface area contributed by atoms with Crippen LogP contribution in [0.3, 0.4) is 0 Å². The molecule has 2 aliphatic heterocycles. The molecule has 9 heteroatoms. The fraction of sp³-hybridized carbons (Fsp3) is 0.632. The number of halogens is 1. The van der Waals surface area contributed by atoms with Gasteiger partial charge in [0.05, 0.1) is 7.11 Å². The first-order valence-corrected chi connectivity index (χ1v) is 11.2. The smallest absolute Gasteiger partial charge is 0.244 e. The highest BCUT2D eigenvalue weighted by Crippen LogP contribution is 2.33. The topological polar surface area (TPSA) is 96.5 Å². The van der Waals surface area contributed by atoms with Crippen LogP contribution in [0.5, 0.6) is 5.75 Å². The summed E-state index contributed by atoms with van der Waals surface area (Å²) in [5.74, 6) is 0.600. The van der Waals surface area contributed by atoms with Crippen molar-refractivity contribution in [1.82, 2.24) is 10.0 Å². The van der Waals surface area contributed by atoms with Gasteiger partial charge in [0.1, 0.15) is 10.6 Å². The van der Waals surface area contributed by atoms with E-state index in [4.69, 9.17) is 4.74 Å². The maximum absolute atomic E-state index is 12.6. The van der Waals surface area contributed by atoms with E-state index in [9.17, 15) is 13.2 Å². The molecule has 3 fully saturated rings. The molecule has 0 radical (unpaired) electrons. The van der Waals surface area contributed by atoms with Crippen LogP contribution in [0.15, 0.2) is 23.1 Å². The number of hydrogen-bond donors (Lipinski definition) is 3. The summed E-state index contributed by atoms with van der Waals surface area (Å²) in [4.78, 5) is 12.6. The second kappa shape index (κ2) is 8.57. The summed E-state index contributed by atoms with van der Waals surface area (Å²) < 4.78 is 33.0. The molecule has 28 heavy (non-hydrogen) atoms. The molecular weight excluding hydrogens is 402 g/mol. The van der Waals surface area contributed by atoms with E-state index in [1.54, 1.807) is 12.1 Å². The Morgan fingerprint density at radius 3 is 2.46 bits per heavy atom. The first-order chi connectivity index (χ1) is 12.9. The Kier molecular flexibility index (Phi) is 6.54. The van der Waals surface area contributed by atoms with Crippen molar-refractivity contribution in [3.63, 3.8) is 0 Å². The van der Waals surface area contributed by atoms with Crippen molar-refractivity contribution in [1.29, 1.82) is 0 Å². The van der Waals surface area contributed by atoms with Crippen LogP contribution in [0.25, 0.3) is 0 Å². The van der Waals surface area contributed by atoms with Gasteiger partial charge in [0.25, 0.3) is 0 Å². The van der Waals surface area contributed by atoms with E-state index < -0.39 is 10.0 Å². The standard InChI is InChI=1S/C19H27N3O4S.ClH/c1-26-17-7-6-16(11-18(17)27(24,25)22-13-2-3-13)21-19(23)10-12-8-14-4-5-15(9-12)20-14;/h6-7,11-15,20,22H,2-5,8-10H2,1H3,(H,21,23);1H. The number of carbonyl (C=O) groups is 1. The fourth-order valence-corrected chi connectivity index (χ4v) is 5.76. The number of fused-ring (bicyclic) bond motifs is 2. The van der Waals surface area contributed by atoms with E-state index >= 15 is 0 Å². The maximum atomic E-state index is 12.6. The summed E-state index contributed by atoms with van der Waals surface area (Å²) in [5.41, 5.74) is 0.480. The van der Waals surface area contributed by atoms with Crippen molar-refractivity contribution in [2.24, 2.45) is 5.92 Å². The van der Waals surface area contributed by atoms with Crippen molar-refractivity contribution in [3.05, 3.63) is 18.2 Å². The van der Waals surface area contributed by atoms with Crippen LogP contribution in [0.2, 0.25) is 0 Å². The summed E-state index contributed by atoms with van der Waals surface area (Å²) in [6.07, 6.45) is 6.68. The number of piperidine rings is 1. The van der Waals surface area contributed by atoms with Crippen LogP contribution in [0.4, 0.5) is 5.69 Å². The molecule has 7 nitrogen and oxygen atoms in total. The third-order valence-corrected chi connectivity index (χ3v) is 7.22. The Morgan fingerprint density at radius 2 is 1.86 bits per heavy atom. The quantitative estimate of drug-likeness (QED) is 0.618. The summed E-state index contributed by atoms with van der Waals surface area (Å²) in [6.45, 7) is 0. The van der Waals surface area contributed by atoms with E-state index in [0.717, 1.165) is 25.7 Å². The van der Waals surface area contributed by atoms with Gasteiger partial charge in [-0.05, 0) is 62.6 Å². The number of sulfonamides is 1. The molecular formula is C19H28ClN3O4S. The number of nitrogens with one attached hydrogen (secondary N) is 3. The van der Waals surface area contributed by atoms with Gasteiger partial charge in [-0.15, -0.1) is 12.4 Å². The Balaban J connectivity index is 0.00000225. The lowest BCUT2D eigenvalue weighted by Crippen LogP contribution is -2.39. The third-order valence-electron chi connectivity index (χ3n) is 5.68. The van der Waals surface area contributed by atoms with Crippen molar-refractivity contribution in [2.75, 3.05) is 12.4 Å². The molecule has 156 valence electrons. The highest BCUT2D eigenvalue weighted by molar-refractivity contribution is 7.89. The predicted molar refractivity (Wildman–Crippen MR) is 110 cm³/mol. The van der Waals surface area contributed by atoms with E-state index in [2.05, 4.69) is 15.4 Å².